The number of rotatable bonds is 4. The molecule has 0 aromatic heterocycles. The van der Waals surface area contributed by atoms with Crippen LogP contribution in [0.3, 0.4) is 0 Å². The fraction of sp³-hybridized carbons (Fsp3) is 0.214. The number of para-hydroxylation sites is 2. The minimum Gasteiger partial charge on any atom is -0.497 e. The standard InChI is InChI=1S/C28H27N3O3/c1-17(32)29-21-11-7-19(8-12-21)28-27-25(30-23-5-3-4-6-24(23)31-28)15-20(16-26(27)33)18-9-13-22(34-2)14-10-18/h3-14,20,28,30-31H,15-16H2,1-2H3,(H,29,32). The van der Waals surface area contributed by atoms with Crippen molar-refractivity contribution < 1.29 is 14.3 Å². The van der Waals surface area contributed by atoms with Gasteiger partial charge in [0.2, 0.25) is 5.91 Å². The van der Waals surface area contributed by atoms with E-state index < -0.39 is 0 Å². The van der Waals surface area contributed by atoms with Gasteiger partial charge in [0.15, 0.2) is 5.78 Å². The Balaban J connectivity index is 1.53. The van der Waals surface area contributed by atoms with Crippen molar-refractivity contribution in [3.8, 4) is 5.75 Å². The number of ketones is 1. The number of amides is 1. The summed E-state index contributed by atoms with van der Waals surface area (Å²) >= 11 is 0. The normalized spacial score (nSPS) is 19.2. The van der Waals surface area contributed by atoms with Crippen LogP contribution < -0.4 is 20.7 Å². The molecule has 0 saturated carbocycles. The van der Waals surface area contributed by atoms with Crippen LogP contribution in [-0.4, -0.2) is 18.8 Å². The number of methoxy groups -OCH3 is 1. The summed E-state index contributed by atoms with van der Waals surface area (Å²) in [4.78, 5) is 25.0. The first kappa shape index (κ1) is 21.8. The summed E-state index contributed by atoms with van der Waals surface area (Å²) in [6.07, 6.45) is 1.19. The molecule has 1 aliphatic carbocycles. The van der Waals surface area contributed by atoms with Crippen molar-refractivity contribution in [1.82, 2.24) is 0 Å². The number of anilines is 3. The van der Waals surface area contributed by atoms with Gasteiger partial charge in [0, 0.05) is 30.3 Å². The van der Waals surface area contributed by atoms with E-state index in [-0.39, 0.29) is 23.7 Å². The number of carbonyl (C=O) groups is 2. The molecule has 2 atom stereocenters. The minimum atomic E-state index is -0.290. The first-order valence-electron chi connectivity index (χ1n) is 11.4. The van der Waals surface area contributed by atoms with Crippen molar-refractivity contribution in [3.05, 3.63) is 95.2 Å². The smallest absolute Gasteiger partial charge is 0.221 e. The van der Waals surface area contributed by atoms with Crippen LogP contribution in [-0.2, 0) is 9.59 Å². The molecule has 0 radical (unpaired) electrons. The highest BCUT2D eigenvalue weighted by Gasteiger charge is 2.36. The molecular formula is C28H27N3O3. The van der Waals surface area contributed by atoms with Crippen molar-refractivity contribution in [2.24, 2.45) is 0 Å². The van der Waals surface area contributed by atoms with Gasteiger partial charge >= 0.3 is 0 Å². The van der Waals surface area contributed by atoms with E-state index in [0.717, 1.165) is 51.6 Å². The highest BCUT2D eigenvalue weighted by Crippen LogP contribution is 2.44. The van der Waals surface area contributed by atoms with E-state index in [1.165, 1.54) is 6.92 Å². The van der Waals surface area contributed by atoms with E-state index in [9.17, 15) is 9.59 Å². The van der Waals surface area contributed by atoms with Gasteiger partial charge in [-0.15, -0.1) is 0 Å². The Morgan fingerprint density at radius 3 is 2.26 bits per heavy atom. The van der Waals surface area contributed by atoms with E-state index >= 15 is 0 Å². The van der Waals surface area contributed by atoms with Crippen molar-refractivity contribution in [1.29, 1.82) is 0 Å². The molecule has 1 amide bonds. The predicted molar refractivity (Wildman–Crippen MR) is 134 cm³/mol. The number of hydrogen-bond donors (Lipinski definition) is 3. The topological polar surface area (TPSA) is 79.5 Å². The van der Waals surface area contributed by atoms with Crippen LogP contribution in [0.1, 0.15) is 42.9 Å². The van der Waals surface area contributed by atoms with E-state index in [4.69, 9.17) is 4.74 Å². The fourth-order valence-corrected chi connectivity index (χ4v) is 4.82. The van der Waals surface area contributed by atoms with E-state index in [1.807, 2.05) is 72.8 Å². The molecule has 0 fully saturated rings. The second kappa shape index (κ2) is 9.06. The molecule has 3 aromatic rings. The number of nitrogens with one attached hydrogen (secondary N) is 3. The summed E-state index contributed by atoms with van der Waals surface area (Å²) in [5.41, 5.74) is 6.45. The third-order valence-corrected chi connectivity index (χ3v) is 6.46. The Bertz CT molecular complexity index is 1260. The monoisotopic (exact) mass is 453 g/mol. The quantitative estimate of drug-likeness (QED) is 0.477. The van der Waals surface area contributed by atoms with Gasteiger partial charge in [-0.3, -0.25) is 9.59 Å². The Hall–Kier alpha value is -4.06. The zero-order valence-electron chi connectivity index (χ0n) is 19.2. The van der Waals surface area contributed by atoms with Gasteiger partial charge in [-0.2, -0.15) is 0 Å². The van der Waals surface area contributed by atoms with Gasteiger partial charge in [0.05, 0.1) is 24.5 Å². The van der Waals surface area contributed by atoms with Gasteiger partial charge in [-0.25, -0.2) is 0 Å². The molecule has 6 heteroatoms. The number of carbonyl (C=O) groups excluding carboxylic acids is 2. The lowest BCUT2D eigenvalue weighted by molar-refractivity contribution is -0.116. The maximum Gasteiger partial charge on any atom is 0.221 e. The molecule has 34 heavy (non-hydrogen) atoms. The van der Waals surface area contributed by atoms with Crippen molar-refractivity contribution in [2.75, 3.05) is 23.1 Å². The van der Waals surface area contributed by atoms with Crippen LogP contribution in [0.5, 0.6) is 5.75 Å². The lowest BCUT2D eigenvalue weighted by Crippen LogP contribution is -2.26. The van der Waals surface area contributed by atoms with Gasteiger partial charge in [-0.05, 0) is 59.9 Å². The molecule has 172 valence electrons. The fourth-order valence-electron chi connectivity index (χ4n) is 4.82. The lowest BCUT2D eigenvalue weighted by Gasteiger charge is -2.30. The SMILES string of the molecule is COc1ccc(C2CC(=O)C3=C(C2)Nc2ccccc2NC3c2ccc(NC(C)=O)cc2)cc1. The number of Topliss-reactive ketones (excluding diaryl/α,β-unsaturated/α-hetero) is 1. The number of ether oxygens (including phenoxy) is 1. The molecule has 0 spiro atoms. The van der Waals surface area contributed by atoms with Crippen LogP contribution in [0.4, 0.5) is 17.1 Å². The summed E-state index contributed by atoms with van der Waals surface area (Å²) in [7, 11) is 1.65. The number of allylic oxidation sites excluding steroid dienone is 1. The van der Waals surface area contributed by atoms with Crippen LogP contribution in [0.2, 0.25) is 0 Å². The first-order chi connectivity index (χ1) is 16.5. The summed E-state index contributed by atoms with van der Waals surface area (Å²) in [5, 5.41) is 9.96. The van der Waals surface area contributed by atoms with E-state index in [2.05, 4.69) is 16.0 Å². The summed E-state index contributed by atoms with van der Waals surface area (Å²) in [6.45, 7) is 1.49. The van der Waals surface area contributed by atoms with Gasteiger partial charge in [0.25, 0.3) is 0 Å². The van der Waals surface area contributed by atoms with E-state index in [1.54, 1.807) is 7.11 Å². The average molecular weight is 454 g/mol. The molecule has 0 saturated heterocycles. The van der Waals surface area contributed by atoms with Crippen LogP contribution >= 0.6 is 0 Å². The minimum absolute atomic E-state index is 0.0951. The number of benzene rings is 3. The Labute approximate surface area is 199 Å². The van der Waals surface area contributed by atoms with Crippen LogP contribution in [0.25, 0.3) is 0 Å². The van der Waals surface area contributed by atoms with Gasteiger partial charge in [-0.1, -0.05) is 36.4 Å². The summed E-state index contributed by atoms with van der Waals surface area (Å²) in [6, 6.07) is 23.4. The van der Waals surface area contributed by atoms with Crippen molar-refractivity contribution in [3.63, 3.8) is 0 Å². The predicted octanol–water partition coefficient (Wildman–Crippen LogP) is 5.63. The Morgan fingerprint density at radius 2 is 1.59 bits per heavy atom. The highest BCUT2D eigenvalue weighted by atomic mass is 16.5. The second-order valence-electron chi connectivity index (χ2n) is 8.74. The molecule has 2 unspecified atom stereocenters. The molecule has 5 rings (SSSR count). The average Bonchev–Trinajstić information content (AvgIpc) is 3.01. The molecule has 1 heterocycles. The summed E-state index contributed by atoms with van der Waals surface area (Å²) in [5.74, 6) is 0.915. The lowest BCUT2D eigenvalue weighted by atomic mass is 9.78. The number of fused-ring (bicyclic) bond motifs is 1. The maximum atomic E-state index is 13.6. The first-order valence-corrected chi connectivity index (χ1v) is 11.4. The molecule has 6 nitrogen and oxygen atoms in total. The Morgan fingerprint density at radius 1 is 0.912 bits per heavy atom. The van der Waals surface area contributed by atoms with Crippen LogP contribution in [0, 0.1) is 0 Å². The summed E-state index contributed by atoms with van der Waals surface area (Å²) < 4.78 is 5.29. The maximum absolute atomic E-state index is 13.6. The second-order valence-corrected chi connectivity index (χ2v) is 8.74. The molecule has 1 aliphatic heterocycles. The van der Waals surface area contributed by atoms with Crippen LogP contribution in [0.15, 0.2) is 84.1 Å². The number of hydrogen-bond acceptors (Lipinski definition) is 5. The molecule has 0 bridgehead atoms. The van der Waals surface area contributed by atoms with Gasteiger partial charge in [0.1, 0.15) is 5.75 Å². The Kier molecular flexibility index (Phi) is 5.80. The molecular weight excluding hydrogens is 426 g/mol. The third-order valence-electron chi connectivity index (χ3n) is 6.46. The highest BCUT2D eigenvalue weighted by molar-refractivity contribution is 6.01. The zero-order valence-corrected chi connectivity index (χ0v) is 19.2. The molecule has 3 N–H and O–H groups in total. The zero-order chi connectivity index (χ0) is 23.7. The third kappa shape index (κ3) is 4.27. The molecule has 2 aliphatic rings. The van der Waals surface area contributed by atoms with E-state index in [0.29, 0.717) is 6.42 Å². The molecule has 3 aromatic carbocycles. The van der Waals surface area contributed by atoms with Gasteiger partial charge < -0.3 is 20.7 Å². The van der Waals surface area contributed by atoms with Crippen molar-refractivity contribution in [2.45, 2.75) is 31.7 Å². The van der Waals surface area contributed by atoms with Crippen molar-refractivity contribution >= 4 is 28.8 Å². The largest absolute Gasteiger partial charge is 0.497 e.